The normalized spacial score (nSPS) is 14.1. The van der Waals surface area contributed by atoms with Gasteiger partial charge in [-0.25, -0.2) is 4.68 Å². The molecule has 0 bridgehead atoms. The number of nitrogens with zero attached hydrogens (tertiary/aromatic N) is 4. The molecule has 2 aromatic heterocycles. The third kappa shape index (κ3) is 3.56. The zero-order chi connectivity index (χ0) is 14.7. The van der Waals surface area contributed by atoms with Crippen LogP contribution >= 0.6 is 0 Å². The summed E-state index contributed by atoms with van der Waals surface area (Å²) in [6.45, 7) is 0.933. The van der Waals surface area contributed by atoms with E-state index in [1.807, 2.05) is 0 Å². The molecule has 1 amide bonds. The molecule has 0 atom stereocenters. The Morgan fingerprint density at radius 2 is 2.24 bits per heavy atom. The SMILES string of the molecule is O=C(Cn1cccn1)NCCn1nc(C2CC2)ccc1=O. The molecular weight excluding hydrogens is 270 g/mol. The first-order valence-corrected chi connectivity index (χ1v) is 7.04. The fourth-order valence-electron chi connectivity index (χ4n) is 2.12. The van der Waals surface area contributed by atoms with E-state index in [0.717, 1.165) is 18.5 Å². The number of hydrogen-bond donors (Lipinski definition) is 1. The number of amides is 1. The van der Waals surface area contributed by atoms with Crippen molar-refractivity contribution in [2.45, 2.75) is 31.8 Å². The molecule has 110 valence electrons. The molecule has 7 heteroatoms. The smallest absolute Gasteiger partial charge is 0.266 e. The molecule has 0 radical (unpaired) electrons. The second kappa shape index (κ2) is 5.90. The van der Waals surface area contributed by atoms with E-state index in [1.165, 1.54) is 4.68 Å². The lowest BCUT2D eigenvalue weighted by molar-refractivity contribution is -0.121. The fraction of sp³-hybridized carbons (Fsp3) is 0.429. The maximum atomic E-state index is 11.7. The molecule has 21 heavy (non-hydrogen) atoms. The summed E-state index contributed by atoms with van der Waals surface area (Å²) in [7, 11) is 0. The number of aromatic nitrogens is 4. The van der Waals surface area contributed by atoms with Crippen LogP contribution in [0, 0.1) is 0 Å². The lowest BCUT2D eigenvalue weighted by Gasteiger charge is -2.08. The molecule has 0 aliphatic heterocycles. The van der Waals surface area contributed by atoms with Crippen LogP contribution in [0.3, 0.4) is 0 Å². The highest BCUT2D eigenvalue weighted by molar-refractivity contribution is 5.75. The predicted molar refractivity (Wildman–Crippen MR) is 75.7 cm³/mol. The van der Waals surface area contributed by atoms with Crippen molar-refractivity contribution in [1.82, 2.24) is 24.9 Å². The van der Waals surface area contributed by atoms with E-state index in [4.69, 9.17) is 0 Å². The van der Waals surface area contributed by atoms with Crippen molar-refractivity contribution >= 4 is 5.91 Å². The Kier molecular flexibility index (Phi) is 3.81. The van der Waals surface area contributed by atoms with Crippen LogP contribution in [-0.4, -0.2) is 32.0 Å². The second-order valence-electron chi connectivity index (χ2n) is 5.15. The van der Waals surface area contributed by atoms with Gasteiger partial charge in [0.15, 0.2) is 0 Å². The Bertz CT molecular complexity index is 673. The molecule has 7 nitrogen and oxygen atoms in total. The van der Waals surface area contributed by atoms with Crippen molar-refractivity contribution < 1.29 is 4.79 Å². The molecule has 0 spiro atoms. The maximum Gasteiger partial charge on any atom is 0.266 e. The summed E-state index contributed by atoms with van der Waals surface area (Å²) in [5.74, 6) is 0.372. The molecule has 3 rings (SSSR count). The molecular formula is C14H17N5O2. The number of nitrogens with one attached hydrogen (secondary N) is 1. The van der Waals surface area contributed by atoms with Gasteiger partial charge in [0.2, 0.25) is 5.91 Å². The van der Waals surface area contributed by atoms with Crippen LogP contribution in [0.25, 0.3) is 0 Å². The van der Waals surface area contributed by atoms with Gasteiger partial charge >= 0.3 is 0 Å². The average Bonchev–Trinajstić information content (AvgIpc) is 3.19. The van der Waals surface area contributed by atoms with Gasteiger partial charge in [0, 0.05) is 30.9 Å². The molecule has 1 N–H and O–H groups in total. The van der Waals surface area contributed by atoms with E-state index in [-0.39, 0.29) is 18.0 Å². The van der Waals surface area contributed by atoms with Gasteiger partial charge in [-0.15, -0.1) is 0 Å². The molecule has 1 fully saturated rings. The lowest BCUT2D eigenvalue weighted by atomic mass is 10.3. The largest absolute Gasteiger partial charge is 0.353 e. The van der Waals surface area contributed by atoms with Gasteiger partial charge in [0.25, 0.3) is 5.56 Å². The van der Waals surface area contributed by atoms with Crippen LogP contribution in [0.15, 0.2) is 35.4 Å². The van der Waals surface area contributed by atoms with E-state index >= 15 is 0 Å². The van der Waals surface area contributed by atoms with Crippen molar-refractivity contribution in [1.29, 1.82) is 0 Å². The van der Waals surface area contributed by atoms with Gasteiger partial charge < -0.3 is 5.32 Å². The van der Waals surface area contributed by atoms with Crippen LogP contribution in [-0.2, 0) is 17.9 Å². The monoisotopic (exact) mass is 287 g/mol. The van der Waals surface area contributed by atoms with Crippen molar-refractivity contribution in [2.24, 2.45) is 0 Å². The Labute approximate surface area is 121 Å². The minimum absolute atomic E-state index is 0.134. The van der Waals surface area contributed by atoms with Gasteiger partial charge in [-0.2, -0.15) is 10.2 Å². The van der Waals surface area contributed by atoms with E-state index in [2.05, 4.69) is 15.5 Å². The van der Waals surface area contributed by atoms with Gasteiger partial charge in [0.1, 0.15) is 6.54 Å². The fourth-order valence-corrected chi connectivity index (χ4v) is 2.12. The summed E-state index contributed by atoms with van der Waals surface area (Å²) in [6.07, 6.45) is 5.64. The van der Waals surface area contributed by atoms with Gasteiger partial charge in [0.05, 0.1) is 12.2 Å². The van der Waals surface area contributed by atoms with Crippen LogP contribution in [0.1, 0.15) is 24.5 Å². The van der Waals surface area contributed by atoms with Crippen LogP contribution in [0.2, 0.25) is 0 Å². The Hall–Kier alpha value is -2.44. The molecule has 2 heterocycles. The molecule has 1 aliphatic rings. The maximum absolute atomic E-state index is 11.7. The van der Waals surface area contributed by atoms with E-state index in [9.17, 15) is 9.59 Å². The first-order valence-electron chi connectivity index (χ1n) is 7.04. The molecule has 2 aromatic rings. The zero-order valence-electron chi connectivity index (χ0n) is 11.6. The molecule has 0 saturated heterocycles. The molecule has 1 aliphatic carbocycles. The predicted octanol–water partition coefficient (Wildman–Crippen LogP) is 0.134. The Morgan fingerprint density at radius 1 is 1.38 bits per heavy atom. The molecule has 0 unspecified atom stereocenters. The number of carbonyl (C=O) groups excluding carboxylic acids is 1. The van der Waals surface area contributed by atoms with Gasteiger partial charge in [-0.3, -0.25) is 14.3 Å². The van der Waals surface area contributed by atoms with Gasteiger partial charge in [-0.1, -0.05) is 0 Å². The number of rotatable bonds is 6. The third-order valence-corrected chi connectivity index (χ3v) is 3.39. The van der Waals surface area contributed by atoms with E-state index in [1.54, 1.807) is 35.3 Å². The van der Waals surface area contributed by atoms with Crippen molar-refractivity contribution in [3.05, 3.63) is 46.6 Å². The summed E-state index contributed by atoms with van der Waals surface area (Å²) in [5, 5.41) is 11.1. The zero-order valence-corrected chi connectivity index (χ0v) is 11.6. The summed E-state index contributed by atoms with van der Waals surface area (Å²) in [4.78, 5) is 23.4. The van der Waals surface area contributed by atoms with E-state index < -0.39 is 0 Å². The minimum atomic E-state index is -0.138. The van der Waals surface area contributed by atoms with Crippen molar-refractivity contribution in [2.75, 3.05) is 6.54 Å². The van der Waals surface area contributed by atoms with Crippen LogP contribution in [0.5, 0.6) is 0 Å². The first-order chi connectivity index (χ1) is 10.2. The minimum Gasteiger partial charge on any atom is -0.353 e. The topological polar surface area (TPSA) is 81.8 Å². The quantitative estimate of drug-likeness (QED) is 0.819. The highest BCUT2D eigenvalue weighted by Crippen LogP contribution is 2.38. The third-order valence-electron chi connectivity index (χ3n) is 3.39. The molecule has 1 saturated carbocycles. The lowest BCUT2D eigenvalue weighted by Crippen LogP contribution is -2.34. The Balaban J connectivity index is 1.51. The number of carbonyl (C=O) groups is 1. The highest BCUT2D eigenvalue weighted by atomic mass is 16.2. The summed E-state index contributed by atoms with van der Waals surface area (Å²) in [6, 6.07) is 5.11. The average molecular weight is 287 g/mol. The summed E-state index contributed by atoms with van der Waals surface area (Å²) in [5.41, 5.74) is 0.832. The Morgan fingerprint density at radius 3 is 2.95 bits per heavy atom. The van der Waals surface area contributed by atoms with Crippen molar-refractivity contribution in [3.8, 4) is 0 Å². The van der Waals surface area contributed by atoms with Crippen LogP contribution in [0.4, 0.5) is 0 Å². The molecule has 0 aromatic carbocycles. The second-order valence-corrected chi connectivity index (χ2v) is 5.15. The highest BCUT2D eigenvalue weighted by Gasteiger charge is 2.25. The summed E-state index contributed by atoms with van der Waals surface area (Å²) >= 11 is 0. The van der Waals surface area contributed by atoms with Crippen molar-refractivity contribution in [3.63, 3.8) is 0 Å². The van der Waals surface area contributed by atoms with Gasteiger partial charge in [-0.05, 0) is 25.0 Å². The first kappa shape index (κ1) is 13.5. The van der Waals surface area contributed by atoms with Crippen LogP contribution < -0.4 is 10.9 Å². The standard InChI is InChI=1S/C14H17N5O2/c20-13(10-18-8-1-6-16-18)15-7-9-19-14(21)5-4-12(17-19)11-2-3-11/h1,4-6,8,11H,2-3,7,9-10H2,(H,15,20). The number of hydrogen-bond acceptors (Lipinski definition) is 4. The van der Waals surface area contributed by atoms with E-state index in [0.29, 0.717) is 19.0 Å². The summed E-state index contributed by atoms with van der Waals surface area (Å²) < 4.78 is 2.97.